The highest BCUT2D eigenvalue weighted by Gasteiger charge is 2.30. The molecule has 0 aliphatic carbocycles. The van der Waals surface area contributed by atoms with Crippen LogP contribution in [0.4, 0.5) is 13.2 Å². The summed E-state index contributed by atoms with van der Waals surface area (Å²) in [7, 11) is 0. The molecular formula is C24H21F3N2O. The minimum atomic E-state index is -0.851. The summed E-state index contributed by atoms with van der Waals surface area (Å²) in [6.45, 7) is 1.74. The molecule has 0 spiro atoms. The summed E-state index contributed by atoms with van der Waals surface area (Å²) in [6.07, 6.45) is 0. The SMILES string of the molecule is O=C(c1c(F)cccc1F)N1CCN(C(c2ccccc2)c2ccc(F)cc2)CC1. The number of piperazine rings is 1. The standard InChI is InChI=1S/C24H21F3N2O/c25-19-11-9-18(10-12-19)23(17-5-2-1-3-6-17)28-13-15-29(16-14-28)24(30)22-20(26)7-4-8-21(22)27/h1-12,23H,13-16H2. The molecule has 1 aliphatic rings. The highest BCUT2D eigenvalue weighted by Crippen LogP contribution is 2.30. The van der Waals surface area contributed by atoms with Crippen molar-refractivity contribution in [2.24, 2.45) is 0 Å². The van der Waals surface area contributed by atoms with Crippen molar-refractivity contribution in [1.29, 1.82) is 0 Å². The van der Waals surface area contributed by atoms with Crippen molar-refractivity contribution in [2.45, 2.75) is 6.04 Å². The monoisotopic (exact) mass is 410 g/mol. The van der Waals surface area contributed by atoms with Crippen molar-refractivity contribution in [3.8, 4) is 0 Å². The fourth-order valence-corrected chi connectivity index (χ4v) is 3.94. The molecule has 30 heavy (non-hydrogen) atoms. The number of amides is 1. The van der Waals surface area contributed by atoms with E-state index in [0.29, 0.717) is 26.2 Å². The van der Waals surface area contributed by atoms with E-state index >= 15 is 0 Å². The number of benzene rings is 3. The molecule has 1 amide bonds. The van der Waals surface area contributed by atoms with Gasteiger partial charge in [0.15, 0.2) is 0 Å². The number of nitrogens with zero attached hydrogens (tertiary/aromatic N) is 2. The van der Waals surface area contributed by atoms with E-state index in [2.05, 4.69) is 4.90 Å². The van der Waals surface area contributed by atoms with Crippen LogP contribution in [0.15, 0.2) is 72.8 Å². The number of carbonyl (C=O) groups excluding carboxylic acids is 1. The molecule has 0 saturated carbocycles. The van der Waals surface area contributed by atoms with Gasteiger partial charge in [0.05, 0.1) is 6.04 Å². The van der Waals surface area contributed by atoms with E-state index in [1.807, 2.05) is 30.3 Å². The van der Waals surface area contributed by atoms with Crippen LogP contribution in [0.2, 0.25) is 0 Å². The van der Waals surface area contributed by atoms with Crippen LogP contribution in [0.3, 0.4) is 0 Å². The second kappa shape index (κ2) is 8.71. The molecule has 0 aromatic heterocycles. The molecule has 1 heterocycles. The van der Waals surface area contributed by atoms with E-state index in [1.54, 1.807) is 12.1 Å². The molecular weight excluding hydrogens is 389 g/mol. The van der Waals surface area contributed by atoms with Crippen LogP contribution in [-0.4, -0.2) is 41.9 Å². The lowest BCUT2D eigenvalue weighted by Crippen LogP contribution is -2.50. The van der Waals surface area contributed by atoms with Gasteiger partial charge in [-0.3, -0.25) is 9.69 Å². The van der Waals surface area contributed by atoms with E-state index in [0.717, 1.165) is 23.3 Å². The maximum Gasteiger partial charge on any atom is 0.259 e. The first-order chi connectivity index (χ1) is 14.5. The molecule has 0 bridgehead atoms. The summed E-state index contributed by atoms with van der Waals surface area (Å²) in [5.74, 6) is -2.64. The van der Waals surface area contributed by atoms with Gasteiger partial charge in [0.25, 0.3) is 5.91 Å². The van der Waals surface area contributed by atoms with Crippen LogP contribution in [0, 0.1) is 17.5 Å². The Hall–Kier alpha value is -3.12. The van der Waals surface area contributed by atoms with Gasteiger partial charge in [-0.25, -0.2) is 13.2 Å². The van der Waals surface area contributed by atoms with Gasteiger partial charge in [0, 0.05) is 26.2 Å². The van der Waals surface area contributed by atoms with Crippen molar-refractivity contribution in [3.05, 3.63) is 107 Å². The first kappa shape index (κ1) is 20.2. The first-order valence-electron chi connectivity index (χ1n) is 9.82. The highest BCUT2D eigenvalue weighted by molar-refractivity contribution is 5.94. The van der Waals surface area contributed by atoms with Crippen molar-refractivity contribution in [3.63, 3.8) is 0 Å². The van der Waals surface area contributed by atoms with E-state index in [-0.39, 0.29) is 11.9 Å². The van der Waals surface area contributed by atoms with Gasteiger partial charge in [-0.05, 0) is 35.4 Å². The summed E-state index contributed by atoms with van der Waals surface area (Å²) in [6, 6.07) is 19.6. The molecule has 6 heteroatoms. The Morgan fingerprint density at radius 3 is 1.87 bits per heavy atom. The second-order valence-electron chi connectivity index (χ2n) is 7.29. The molecule has 1 fully saturated rings. The van der Waals surface area contributed by atoms with Crippen LogP contribution in [-0.2, 0) is 0 Å². The van der Waals surface area contributed by atoms with Crippen LogP contribution in [0.1, 0.15) is 27.5 Å². The number of carbonyl (C=O) groups is 1. The number of hydrogen-bond acceptors (Lipinski definition) is 2. The molecule has 1 unspecified atom stereocenters. The minimum Gasteiger partial charge on any atom is -0.336 e. The normalized spacial score (nSPS) is 15.8. The van der Waals surface area contributed by atoms with Gasteiger partial charge in [0.1, 0.15) is 23.0 Å². The quantitative estimate of drug-likeness (QED) is 0.625. The molecule has 3 aromatic carbocycles. The Balaban J connectivity index is 1.54. The van der Waals surface area contributed by atoms with E-state index in [4.69, 9.17) is 0 Å². The molecule has 3 nitrogen and oxygen atoms in total. The summed E-state index contributed by atoms with van der Waals surface area (Å²) in [4.78, 5) is 16.4. The number of hydrogen-bond donors (Lipinski definition) is 0. The first-order valence-corrected chi connectivity index (χ1v) is 9.82. The van der Waals surface area contributed by atoms with Crippen LogP contribution < -0.4 is 0 Å². The molecule has 0 radical (unpaired) electrons. The van der Waals surface area contributed by atoms with Crippen LogP contribution in [0.5, 0.6) is 0 Å². The lowest BCUT2D eigenvalue weighted by molar-refractivity contribution is 0.0588. The summed E-state index contributed by atoms with van der Waals surface area (Å²) >= 11 is 0. The average Bonchev–Trinajstić information content (AvgIpc) is 2.76. The minimum absolute atomic E-state index is 0.103. The molecule has 1 aliphatic heterocycles. The van der Waals surface area contributed by atoms with Gasteiger partial charge >= 0.3 is 0 Å². The third-order valence-corrected chi connectivity index (χ3v) is 5.44. The van der Waals surface area contributed by atoms with Crippen molar-refractivity contribution in [2.75, 3.05) is 26.2 Å². The smallest absolute Gasteiger partial charge is 0.259 e. The highest BCUT2D eigenvalue weighted by atomic mass is 19.1. The Labute approximate surface area is 173 Å². The Morgan fingerprint density at radius 2 is 1.27 bits per heavy atom. The van der Waals surface area contributed by atoms with Crippen molar-refractivity contribution >= 4 is 5.91 Å². The number of halogens is 3. The fraction of sp³-hybridized carbons (Fsp3) is 0.208. The Morgan fingerprint density at radius 1 is 0.700 bits per heavy atom. The molecule has 1 atom stereocenters. The zero-order valence-corrected chi connectivity index (χ0v) is 16.3. The molecule has 154 valence electrons. The molecule has 1 saturated heterocycles. The topological polar surface area (TPSA) is 23.6 Å². The molecule has 3 aromatic rings. The zero-order chi connectivity index (χ0) is 21.1. The third kappa shape index (κ3) is 4.09. The number of rotatable bonds is 4. The zero-order valence-electron chi connectivity index (χ0n) is 16.3. The predicted octanol–water partition coefficient (Wildman–Crippen LogP) is 4.65. The molecule has 4 rings (SSSR count). The maximum absolute atomic E-state index is 14.0. The van der Waals surface area contributed by atoms with E-state index in [1.165, 1.54) is 23.1 Å². The summed E-state index contributed by atoms with van der Waals surface area (Å²) < 4.78 is 41.5. The summed E-state index contributed by atoms with van der Waals surface area (Å²) in [5.41, 5.74) is 1.50. The molecule has 0 N–H and O–H groups in total. The van der Waals surface area contributed by atoms with Gasteiger partial charge in [-0.15, -0.1) is 0 Å². The van der Waals surface area contributed by atoms with Gasteiger partial charge < -0.3 is 4.90 Å². The van der Waals surface area contributed by atoms with Crippen LogP contribution in [0.25, 0.3) is 0 Å². The van der Waals surface area contributed by atoms with E-state index < -0.39 is 23.1 Å². The van der Waals surface area contributed by atoms with E-state index in [9.17, 15) is 18.0 Å². The van der Waals surface area contributed by atoms with Crippen molar-refractivity contribution < 1.29 is 18.0 Å². The fourth-order valence-electron chi connectivity index (χ4n) is 3.94. The maximum atomic E-state index is 14.0. The predicted molar refractivity (Wildman–Crippen MR) is 109 cm³/mol. The van der Waals surface area contributed by atoms with Crippen LogP contribution >= 0.6 is 0 Å². The lowest BCUT2D eigenvalue weighted by atomic mass is 9.96. The van der Waals surface area contributed by atoms with Gasteiger partial charge in [0.2, 0.25) is 0 Å². The Bertz CT molecular complexity index is 996. The van der Waals surface area contributed by atoms with Crippen molar-refractivity contribution in [1.82, 2.24) is 9.80 Å². The Kier molecular flexibility index (Phi) is 5.86. The summed E-state index contributed by atoms with van der Waals surface area (Å²) in [5, 5.41) is 0. The third-order valence-electron chi connectivity index (χ3n) is 5.44. The average molecular weight is 410 g/mol. The largest absolute Gasteiger partial charge is 0.336 e. The van der Waals surface area contributed by atoms with Gasteiger partial charge in [-0.1, -0.05) is 48.5 Å². The lowest BCUT2D eigenvalue weighted by Gasteiger charge is -2.39. The second-order valence-corrected chi connectivity index (χ2v) is 7.29. The van der Waals surface area contributed by atoms with Gasteiger partial charge in [-0.2, -0.15) is 0 Å².